The Hall–Kier alpha value is -2.33. The summed E-state index contributed by atoms with van der Waals surface area (Å²) in [5.41, 5.74) is 3.28. The van der Waals surface area contributed by atoms with Gasteiger partial charge in [-0.2, -0.15) is 0 Å². The van der Waals surface area contributed by atoms with Crippen molar-refractivity contribution in [2.45, 2.75) is 62.2 Å². The molecule has 2 N–H and O–H groups in total. The van der Waals surface area contributed by atoms with Gasteiger partial charge in [-0.25, -0.2) is 13.1 Å². The molecule has 0 aromatic heterocycles. The average Bonchev–Trinajstić information content (AvgIpc) is 3.05. The summed E-state index contributed by atoms with van der Waals surface area (Å²) in [6, 6.07) is 11.3. The van der Waals surface area contributed by atoms with Crippen LogP contribution in [0.2, 0.25) is 5.02 Å². The van der Waals surface area contributed by atoms with Crippen molar-refractivity contribution in [2.75, 3.05) is 37.8 Å². The van der Waals surface area contributed by atoms with Crippen molar-refractivity contribution >= 4 is 33.2 Å². The van der Waals surface area contributed by atoms with E-state index in [1.807, 2.05) is 6.07 Å². The van der Waals surface area contributed by atoms with Gasteiger partial charge >= 0.3 is 0 Å². The third kappa shape index (κ3) is 5.22. The standard InChI is InChI=1S/C30H37ClN2O6S/c1-19-16-38-12-10-27(34)24-7-4-22(24)15-33-17-30(11-2-3-20-13-23(31)6-8-25(20)30)18-39-28-9-5-21(14-26(28)33)29(35)32-40(19,36)37/h5-6,8-9,13-14,19,22,24,27,34H,2-4,7,10-12,15-18H2,1H3,(H,32,35)/t19-,22-,24+,27-,30-/m0/s1. The fourth-order valence-corrected chi connectivity index (χ4v) is 7.96. The second-order valence-electron chi connectivity index (χ2n) is 12.0. The van der Waals surface area contributed by atoms with Crippen molar-refractivity contribution in [1.29, 1.82) is 0 Å². The van der Waals surface area contributed by atoms with Gasteiger partial charge < -0.3 is 19.5 Å². The molecule has 0 saturated heterocycles. The van der Waals surface area contributed by atoms with Crippen molar-refractivity contribution in [2.24, 2.45) is 11.8 Å². The molecule has 1 amide bonds. The highest BCUT2D eigenvalue weighted by molar-refractivity contribution is 7.90. The average molecular weight is 589 g/mol. The Balaban J connectivity index is 1.41. The number of rotatable bonds is 0. The second kappa shape index (κ2) is 10.8. The number of nitrogens with one attached hydrogen (secondary N) is 1. The van der Waals surface area contributed by atoms with Crippen LogP contribution in [0.3, 0.4) is 0 Å². The number of aliphatic hydroxyl groups is 1. The lowest BCUT2D eigenvalue weighted by atomic mass is 9.68. The van der Waals surface area contributed by atoms with E-state index in [9.17, 15) is 18.3 Å². The van der Waals surface area contributed by atoms with Crippen LogP contribution in [0.15, 0.2) is 36.4 Å². The number of ether oxygens (including phenoxy) is 2. The highest BCUT2D eigenvalue weighted by atomic mass is 35.5. The second-order valence-corrected chi connectivity index (χ2v) is 14.5. The molecule has 0 radical (unpaired) electrons. The molecule has 8 nitrogen and oxygen atoms in total. The third-order valence-electron chi connectivity index (χ3n) is 9.40. The lowest BCUT2D eigenvalue weighted by molar-refractivity contribution is -0.00812. The summed E-state index contributed by atoms with van der Waals surface area (Å²) in [6.07, 6.45) is 4.85. The van der Waals surface area contributed by atoms with E-state index in [0.29, 0.717) is 31.9 Å². The number of hydrogen-bond donors (Lipinski definition) is 2. The SMILES string of the molecule is C[C@H]1COCC[C@H](O)[C@@H]2CC[C@H]2CN2C[C@@]3(CCCc4cc(Cl)ccc43)COc3ccc(cc32)C(=O)NS1(=O)=O. The topological polar surface area (TPSA) is 105 Å². The molecule has 0 unspecified atom stereocenters. The van der Waals surface area contributed by atoms with Crippen molar-refractivity contribution in [1.82, 2.24) is 4.72 Å². The zero-order valence-corrected chi connectivity index (χ0v) is 24.3. The van der Waals surface area contributed by atoms with Crippen LogP contribution in [0, 0.1) is 11.8 Å². The molecular formula is C30H37ClN2O6S. The van der Waals surface area contributed by atoms with Gasteiger partial charge in [-0.05, 0) is 98.7 Å². The number of carbonyl (C=O) groups is 1. The number of benzene rings is 2. The summed E-state index contributed by atoms with van der Waals surface area (Å²) in [6.45, 7) is 3.63. The van der Waals surface area contributed by atoms with Crippen molar-refractivity contribution in [3.8, 4) is 5.75 Å². The predicted octanol–water partition coefficient (Wildman–Crippen LogP) is 4.07. The maximum atomic E-state index is 13.2. The Morgan fingerprint density at radius 2 is 2.00 bits per heavy atom. The zero-order chi connectivity index (χ0) is 28.1. The molecule has 1 saturated carbocycles. The van der Waals surface area contributed by atoms with Crippen LogP contribution >= 0.6 is 11.6 Å². The predicted molar refractivity (Wildman–Crippen MR) is 154 cm³/mol. The van der Waals surface area contributed by atoms with E-state index in [-0.39, 0.29) is 36.0 Å². The zero-order valence-electron chi connectivity index (χ0n) is 22.8. The van der Waals surface area contributed by atoms with Crippen molar-refractivity contribution in [3.63, 3.8) is 0 Å². The molecule has 40 heavy (non-hydrogen) atoms. The fourth-order valence-electron chi connectivity index (χ4n) is 6.91. The van der Waals surface area contributed by atoms with E-state index in [1.54, 1.807) is 18.2 Å². The normalized spacial score (nSPS) is 32.1. The number of fused-ring (bicyclic) bond motifs is 4. The van der Waals surface area contributed by atoms with Gasteiger partial charge in [0.2, 0.25) is 10.0 Å². The van der Waals surface area contributed by atoms with Crippen LogP contribution in [-0.4, -0.2) is 63.7 Å². The van der Waals surface area contributed by atoms with Crippen LogP contribution < -0.4 is 14.4 Å². The van der Waals surface area contributed by atoms with Gasteiger partial charge in [0.25, 0.3) is 5.91 Å². The Kier molecular flexibility index (Phi) is 7.52. The van der Waals surface area contributed by atoms with E-state index in [0.717, 1.165) is 42.8 Å². The van der Waals surface area contributed by atoms with Gasteiger partial charge in [0.15, 0.2) is 0 Å². The minimum atomic E-state index is -3.95. The highest BCUT2D eigenvalue weighted by Crippen LogP contribution is 2.46. The van der Waals surface area contributed by atoms with Crippen molar-refractivity contribution < 1.29 is 27.8 Å². The van der Waals surface area contributed by atoms with Gasteiger partial charge in [-0.3, -0.25) is 4.79 Å². The molecule has 216 valence electrons. The molecule has 2 aromatic carbocycles. The van der Waals surface area contributed by atoms with Gasteiger partial charge in [0, 0.05) is 35.7 Å². The third-order valence-corrected chi connectivity index (χ3v) is 11.3. The lowest BCUT2D eigenvalue weighted by Crippen LogP contribution is -2.49. The summed E-state index contributed by atoms with van der Waals surface area (Å²) in [7, 11) is -3.95. The van der Waals surface area contributed by atoms with Crippen LogP contribution in [0.5, 0.6) is 5.75 Å². The number of nitrogens with zero attached hydrogens (tertiary/aromatic N) is 1. The molecule has 1 fully saturated rings. The molecule has 2 aromatic rings. The summed E-state index contributed by atoms with van der Waals surface area (Å²) in [4.78, 5) is 15.5. The summed E-state index contributed by atoms with van der Waals surface area (Å²) >= 11 is 6.37. The summed E-state index contributed by atoms with van der Waals surface area (Å²) < 4.78 is 40.1. The maximum absolute atomic E-state index is 13.2. The van der Waals surface area contributed by atoms with Crippen LogP contribution in [0.25, 0.3) is 0 Å². The first-order chi connectivity index (χ1) is 19.1. The number of aliphatic hydroxyl groups excluding tert-OH is 1. The van der Waals surface area contributed by atoms with E-state index in [2.05, 4.69) is 21.8 Å². The molecule has 10 heteroatoms. The number of carbonyl (C=O) groups excluding carboxylic acids is 1. The largest absolute Gasteiger partial charge is 0.490 e. The molecule has 2 aliphatic carbocycles. The first-order valence-corrected chi connectivity index (χ1v) is 16.2. The molecule has 5 atom stereocenters. The Morgan fingerprint density at radius 3 is 2.80 bits per heavy atom. The molecule has 2 aliphatic heterocycles. The highest BCUT2D eigenvalue weighted by Gasteiger charge is 2.44. The summed E-state index contributed by atoms with van der Waals surface area (Å²) in [5, 5.41) is 10.8. The van der Waals surface area contributed by atoms with E-state index in [4.69, 9.17) is 21.1 Å². The molecule has 1 spiro atoms. The van der Waals surface area contributed by atoms with Gasteiger partial charge in [-0.1, -0.05) is 17.7 Å². The number of aryl methyl sites for hydroxylation is 1. The fraction of sp³-hybridized carbons (Fsp3) is 0.567. The summed E-state index contributed by atoms with van der Waals surface area (Å²) in [5.74, 6) is 0.438. The quantitative estimate of drug-likeness (QED) is 0.478. The van der Waals surface area contributed by atoms with E-state index in [1.165, 1.54) is 18.1 Å². The molecule has 2 heterocycles. The van der Waals surface area contributed by atoms with E-state index >= 15 is 0 Å². The lowest BCUT2D eigenvalue weighted by Gasteiger charge is -2.45. The van der Waals surface area contributed by atoms with Crippen molar-refractivity contribution in [3.05, 3.63) is 58.1 Å². The Morgan fingerprint density at radius 1 is 1.15 bits per heavy atom. The van der Waals surface area contributed by atoms with Crippen LogP contribution in [0.4, 0.5) is 5.69 Å². The number of sulfonamides is 1. The number of hydrogen-bond acceptors (Lipinski definition) is 7. The van der Waals surface area contributed by atoms with Gasteiger partial charge in [0.05, 0.1) is 25.0 Å². The number of halogens is 1. The minimum Gasteiger partial charge on any atom is -0.490 e. The molecular weight excluding hydrogens is 552 g/mol. The van der Waals surface area contributed by atoms with Gasteiger partial charge in [-0.15, -0.1) is 0 Å². The Labute approximate surface area is 241 Å². The minimum absolute atomic E-state index is 0.0516. The number of amides is 1. The smallest absolute Gasteiger partial charge is 0.264 e. The molecule has 6 rings (SSSR count). The molecule has 2 bridgehead atoms. The first kappa shape index (κ1) is 27.8. The molecule has 4 aliphatic rings. The monoisotopic (exact) mass is 588 g/mol. The maximum Gasteiger partial charge on any atom is 0.264 e. The van der Waals surface area contributed by atoms with Gasteiger partial charge in [0.1, 0.15) is 11.0 Å². The van der Waals surface area contributed by atoms with E-state index < -0.39 is 27.3 Å². The Bertz CT molecular complexity index is 1400. The number of anilines is 1. The van der Waals surface area contributed by atoms with Crippen LogP contribution in [-0.2, 0) is 26.6 Å². The van der Waals surface area contributed by atoms with Crippen LogP contribution in [0.1, 0.15) is 60.5 Å². The first-order valence-electron chi connectivity index (χ1n) is 14.3.